The molecule has 0 unspecified atom stereocenters. The Balaban J connectivity index is 2.23. The summed E-state index contributed by atoms with van der Waals surface area (Å²) in [7, 11) is 0. The molecule has 0 spiro atoms. The molecule has 0 aliphatic carbocycles. The first-order valence-corrected chi connectivity index (χ1v) is 7.66. The molecule has 3 rings (SSSR count). The third-order valence-electron chi connectivity index (χ3n) is 3.25. The topological polar surface area (TPSA) is 87.7 Å². The van der Waals surface area contributed by atoms with Gasteiger partial charge in [0.1, 0.15) is 11.6 Å². The molecular formula is C13H11BrN4OS. The van der Waals surface area contributed by atoms with Crippen molar-refractivity contribution < 1.29 is 4.74 Å². The average Bonchev–Trinajstić information content (AvgIpc) is 3.03. The number of aromatic amines is 1. The van der Waals surface area contributed by atoms with Gasteiger partial charge in [0.15, 0.2) is 0 Å². The zero-order valence-electron chi connectivity index (χ0n) is 10.6. The van der Waals surface area contributed by atoms with E-state index in [9.17, 15) is 5.26 Å². The number of H-pyrrole nitrogens is 1. The number of nitrogens with one attached hydrogen (secondary N) is 1. The van der Waals surface area contributed by atoms with Crippen LogP contribution in [0.25, 0.3) is 0 Å². The zero-order chi connectivity index (χ0) is 14.3. The summed E-state index contributed by atoms with van der Waals surface area (Å²) in [6, 6.07) is 6.13. The van der Waals surface area contributed by atoms with Crippen molar-refractivity contribution in [2.75, 3.05) is 0 Å². The number of hydrogen-bond acceptors (Lipinski definition) is 5. The molecule has 0 fully saturated rings. The number of nitrogens with two attached hydrogens (primary N) is 1. The van der Waals surface area contributed by atoms with E-state index in [4.69, 9.17) is 10.5 Å². The summed E-state index contributed by atoms with van der Waals surface area (Å²) < 4.78 is 6.47. The Morgan fingerprint density at radius 2 is 2.40 bits per heavy atom. The minimum atomic E-state index is -0.214. The lowest BCUT2D eigenvalue weighted by atomic mass is 9.88. The van der Waals surface area contributed by atoms with Crippen molar-refractivity contribution in [1.29, 1.82) is 5.26 Å². The number of fused-ring (bicyclic) bond motifs is 1. The zero-order valence-corrected chi connectivity index (χ0v) is 13.0. The summed E-state index contributed by atoms with van der Waals surface area (Å²) in [6.45, 7) is 2.03. The molecule has 5 nitrogen and oxygen atoms in total. The van der Waals surface area contributed by atoms with Gasteiger partial charge in [-0.25, -0.2) is 0 Å². The van der Waals surface area contributed by atoms with Crippen molar-refractivity contribution in [3.05, 3.63) is 43.5 Å². The van der Waals surface area contributed by atoms with Gasteiger partial charge < -0.3 is 10.5 Å². The van der Waals surface area contributed by atoms with Crippen LogP contribution < -0.4 is 10.5 Å². The van der Waals surface area contributed by atoms with Gasteiger partial charge in [0, 0.05) is 10.6 Å². The highest BCUT2D eigenvalue weighted by molar-refractivity contribution is 9.11. The fourth-order valence-corrected chi connectivity index (χ4v) is 3.89. The number of hydrogen-bond donors (Lipinski definition) is 2. The van der Waals surface area contributed by atoms with Crippen LogP contribution in [0.2, 0.25) is 0 Å². The van der Waals surface area contributed by atoms with Crippen molar-refractivity contribution >= 4 is 27.3 Å². The van der Waals surface area contributed by atoms with Gasteiger partial charge in [-0.1, -0.05) is 6.92 Å². The molecule has 0 amide bonds. The number of nitrogens with zero attached hydrogens (tertiary/aromatic N) is 2. The van der Waals surface area contributed by atoms with Crippen LogP contribution >= 0.6 is 27.3 Å². The molecular weight excluding hydrogens is 340 g/mol. The standard InChI is InChI=1S/C13H11BrN4OS/c1-2-7-11-10(8-3-4-9(14)20-8)6(5-15)12(16)19-13(11)18-17-7/h3-4,10H,2,16H2,1H3,(H,17,18)/t10-/m0/s1. The van der Waals surface area contributed by atoms with Gasteiger partial charge in [-0.05, 0) is 34.5 Å². The Labute approximate surface area is 128 Å². The van der Waals surface area contributed by atoms with Gasteiger partial charge in [-0.3, -0.25) is 5.10 Å². The Kier molecular flexibility index (Phi) is 3.28. The van der Waals surface area contributed by atoms with Gasteiger partial charge in [0.25, 0.3) is 0 Å². The monoisotopic (exact) mass is 350 g/mol. The fraction of sp³-hybridized carbons (Fsp3) is 0.231. The molecule has 2 aromatic rings. The summed E-state index contributed by atoms with van der Waals surface area (Å²) in [6.07, 6.45) is 0.785. The van der Waals surface area contributed by atoms with Crippen LogP contribution in [-0.2, 0) is 6.42 Å². The summed E-state index contributed by atoms with van der Waals surface area (Å²) >= 11 is 5.04. The quantitative estimate of drug-likeness (QED) is 0.871. The minimum absolute atomic E-state index is 0.128. The van der Waals surface area contributed by atoms with E-state index in [-0.39, 0.29) is 11.8 Å². The molecule has 0 saturated heterocycles. The number of aryl methyl sites for hydroxylation is 1. The van der Waals surface area contributed by atoms with Crippen molar-refractivity contribution in [2.24, 2.45) is 5.73 Å². The van der Waals surface area contributed by atoms with E-state index >= 15 is 0 Å². The average molecular weight is 351 g/mol. The first-order valence-electron chi connectivity index (χ1n) is 6.05. The number of allylic oxidation sites excluding steroid dienone is 1. The number of halogens is 1. The van der Waals surface area contributed by atoms with Crippen LogP contribution in [0, 0.1) is 11.3 Å². The van der Waals surface area contributed by atoms with E-state index in [1.807, 2.05) is 19.1 Å². The molecule has 1 aliphatic rings. The second-order valence-electron chi connectivity index (χ2n) is 4.34. The van der Waals surface area contributed by atoms with Crippen molar-refractivity contribution in [2.45, 2.75) is 19.3 Å². The SMILES string of the molecule is CCc1[nH]nc2c1[C@H](c1ccc(Br)s1)C(C#N)=C(N)O2. The van der Waals surface area contributed by atoms with Crippen LogP contribution in [0.4, 0.5) is 0 Å². The third kappa shape index (κ3) is 1.92. The van der Waals surface area contributed by atoms with E-state index in [1.54, 1.807) is 11.3 Å². The molecule has 1 aliphatic heterocycles. The normalized spacial score (nSPS) is 17.6. The fourth-order valence-electron chi connectivity index (χ4n) is 2.35. The maximum absolute atomic E-state index is 9.42. The predicted octanol–water partition coefficient (Wildman–Crippen LogP) is 3.01. The highest BCUT2D eigenvalue weighted by Crippen LogP contribution is 2.45. The summed E-state index contributed by atoms with van der Waals surface area (Å²) in [5, 5.41) is 16.5. The third-order valence-corrected chi connectivity index (χ3v) is 4.94. The Hall–Kier alpha value is -1.78. The van der Waals surface area contributed by atoms with Gasteiger partial charge in [-0.2, -0.15) is 5.26 Å². The molecule has 0 radical (unpaired) electrons. The summed E-state index contributed by atoms with van der Waals surface area (Å²) in [4.78, 5) is 1.04. The van der Waals surface area contributed by atoms with Crippen LogP contribution in [0.1, 0.15) is 29.0 Å². The highest BCUT2D eigenvalue weighted by Gasteiger charge is 2.35. The van der Waals surface area contributed by atoms with Crippen LogP contribution in [0.3, 0.4) is 0 Å². The Morgan fingerprint density at radius 3 is 3.00 bits per heavy atom. The molecule has 2 aromatic heterocycles. The van der Waals surface area contributed by atoms with E-state index in [2.05, 4.69) is 32.2 Å². The lowest BCUT2D eigenvalue weighted by molar-refractivity contribution is 0.379. The molecule has 0 aromatic carbocycles. The highest BCUT2D eigenvalue weighted by atomic mass is 79.9. The first kappa shape index (κ1) is 13.2. The number of thiophene rings is 1. The van der Waals surface area contributed by atoms with E-state index < -0.39 is 0 Å². The number of nitriles is 1. The van der Waals surface area contributed by atoms with E-state index in [1.165, 1.54) is 0 Å². The van der Waals surface area contributed by atoms with Gasteiger partial charge >= 0.3 is 0 Å². The molecule has 0 saturated carbocycles. The number of aromatic nitrogens is 2. The molecule has 102 valence electrons. The minimum Gasteiger partial charge on any atom is -0.420 e. The predicted molar refractivity (Wildman–Crippen MR) is 79.3 cm³/mol. The molecule has 0 bridgehead atoms. The maximum Gasteiger partial charge on any atom is 0.244 e. The van der Waals surface area contributed by atoms with Crippen LogP contribution in [0.5, 0.6) is 5.88 Å². The second kappa shape index (κ2) is 4.96. The molecule has 7 heteroatoms. The maximum atomic E-state index is 9.42. The molecule has 3 heterocycles. The summed E-state index contributed by atoms with van der Waals surface area (Å²) in [5.41, 5.74) is 8.17. The van der Waals surface area contributed by atoms with Crippen LogP contribution in [-0.4, -0.2) is 10.2 Å². The summed E-state index contributed by atoms with van der Waals surface area (Å²) in [5.74, 6) is 0.380. The van der Waals surface area contributed by atoms with E-state index in [0.717, 1.165) is 26.3 Å². The van der Waals surface area contributed by atoms with Gasteiger partial charge in [0.05, 0.1) is 15.3 Å². The van der Waals surface area contributed by atoms with Gasteiger partial charge in [-0.15, -0.1) is 16.4 Å². The van der Waals surface area contributed by atoms with Crippen molar-refractivity contribution in [3.63, 3.8) is 0 Å². The second-order valence-corrected chi connectivity index (χ2v) is 6.84. The number of rotatable bonds is 2. The lowest BCUT2D eigenvalue weighted by Crippen LogP contribution is -2.20. The van der Waals surface area contributed by atoms with E-state index in [0.29, 0.717) is 11.5 Å². The lowest BCUT2D eigenvalue weighted by Gasteiger charge is -2.22. The van der Waals surface area contributed by atoms with Crippen LogP contribution in [0.15, 0.2) is 27.4 Å². The Morgan fingerprint density at radius 1 is 1.60 bits per heavy atom. The first-order chi connectivity index (χ1) is 9.65. The molecule has 3 N–H and O–H groups in total. The largest absolute Gasteiger partial charge is 0.420 e. The number of ether oxygens (including phenoxy) is 1. The Bertz CT molecular complexity index is 740. The molecule has 1 atom stereocenters. The van der Waals surface area contributed by atoms with Crippen molar-refractivity contribution in [1.82, 2.24) is 10.2 Å². The van der Waals surface area contributed by atoms with Crippen molar-refractivity contribution in [3.8, 4) is 11.9 Å². The smallest absolute Gasteiger partial charge is 0.244 e. The van der Waals surface area contributed by atoms with Gasteiger partial charge in [0.2, 0.25) is 11.8 Å². The molecule has 20 heavy (non-hydrogen) atoms.